The summed E-state index contributed by atoms with van der Waals surface area (Å²) >= 11 is 0. The molecule has 0 spiro atoms. The van der Waals surface area contributed by atoms with Crippen molar-refractivity contribution in [3.8, 4) is 0 Å². The average molecular weight is 312 g/mol. The van der Waals surface area contributed by atoms with Crippen LogP contribution >= 0.6 is 0 Å². The number of carbonyl (C=O) groups excluding carboxylic acids is 1. The summed E-state index contributed by atoms with van der Waals surface area (Å²) in [6, 6.07) is 7.13. The van der Waals surface area contributed by atoms with E-state index in [1.165, 1.54) is 13.8 Å². The maximum Gasteiger partial charge on any atom is 0.243 e. The molecule has 5 nitrogen and oxygen atoms in total. The van der Waals surface area contributed by atoms with Crippen LogP contribution in [0.2, 0.25) is 0 Å². The van der Waals surface area contributed by atoms with Crippen LogP contribution in [-0.2, 0) is 21.2 Å². The number of carbonyl (C=O) groups is 1. The maximum atomic E-state index is 12.7. The van der Waals surface area contributed by atoms with Crippen molar-refractivity contribution in [3.63, 3.8) is 0 Å². The van der Waals surface area contributed by atoms with E-state index in [1.54, 1.807) is 17.0 Å². The van der Waals surface area contributed by atoms with Crippen LogP contribution in [0, 0.1) is 0 Å². The molecule has 0 saturated carbocycles. The van der Waals surface area contributed by atoms with Crippen LogP contribution in [0.5, 0.6) is 0 Å². The van der Waals surface area contributed by atoms with Gasteiger partial charge in [0, 0.05) is 24.5 Å². The Morgan fingerprint density at radius 1 is 1.33 bits per heavy atom. The van der Waals surface area contributed by atoms with Gasteiger partial charge in [-0.25, -0.2) is 8.42 Å². The first-order chi connectivity index (χ1) is 9.46. The maximum absolute atomic E-state index is 12.7. The third-order valence-electron chi connectivity index (χ3n) is 3.63. The predicted molar refractivity (Wildman–Crippen MR) is 85.5 cm³/mol. The second kappa shape index (κ2) is 6.05. The zero-order valence-corrected chi connectivity index (χ0v) is 14.1. The Labute approximate surface area is 127 Å². The fraction of sp³-hybridized carbons (Fsp3) is 0.533. The Hall–Kier alpha value is -1.56. The molecule has 0 bridgehead atoms. The first-order valence-corrected chi connectivity index (χ1v) is 8.71. The van der Waals surface area contributed by atoms with Gasteiger partial charge in [0.05, 0.1) is 0 Å². The van der Waals surface area contributed by atoms with Gasteiger partial charge in [-0.3, -0.25) is 4.79 Å². The van der Waals surface area contributed by atoms with Crippen molar-refractivity contribution >= 4 is 21.4 Å². The Kier molecular flexibility index (Phi) is 5.04. The molecule has 2 N–H and O–H groups in total. The summed E-state index contributed by atoms with van der Waals surface area (Å²) in [4.78, 5) is 14.2. The van der Waals surface area contributed by atoms with Gasteiger partial charge in [0.1, 0.15) is 4.75 Å². The molecule has 0 aliphatic carbocycles. The molecule has 118 valence electrons. The second-order valence-corrected chi connectivity index (χ2v) is 8.62. The van der Waals surface area contributed by atoms with E-state index in [-0.39, 0.29) is 6.04 Å². The van der Waals surface area contributed by atoms with Crippen LogP contribution in [0.4, 0.5) is 5.69 Å². The van der Waals surface area contributed by atoms with E-state index >= 15 is 0 Å². The van der Waals surface area contributed by atoms with Crippen molar-refractivity contribution in [2.75, 3.05) is 12.0 Å². The summed E-state index contributed by atoms with van der Waals surface area (Å²) in [6.07, 6.45) is 1.09. The molecular weight excluding hydrogens is 288 g/mol. The molecule has 21 heavy (non-hydrogen) atoms. The standard InChI is InChI=1S/C15H24N2O3S/c1-11(2)17(10-12-7-6-8-13(16)9-12)14(18)15(3,4)21(5,19)20/h6-9,11H,10,16H2,1-5H3. The Morgan fingerprint density at radius 2 is 1.90 bits per heavy atom. The predicted octanol–water partition coefficient (Wildman–Crippen LogP) is 1.83. The highest BCUT2D eigenvalue weighted by molar-refractivity contribution is 7.92. The number of nitrogens with two attached hydrogens (primary N) is 1. The van der Waals surface area contributed by atoms with Crippen molar-refractivity contribution in [2.24, 2.45) is 0 Å². The van der Waals surface area contributed by atoms with E-state index in [1.807, 2.05) is 26.0 Å². The lowest BCUT2D eigenvalue weighted by Crippen LogP contribution is -2.51. The average Bonchev–Trinajstić information content (AvgIpc) is 2.33. The van der Waals surface area contributed by atoms with Crippen molar-refractivity contribution in [1.29, 1.82) is 0 Å². The van der Waals surface area contributed by atoms with Crippen molar-refractivity contribution in [2.45, 2.75) is 45.0 Å². The van der Waals surface area contributed by atoms with Gasteiger partial charge in [0.25, 0.3) is 0 Å². The van der Waals surface area contributed by atoms with Gasteiger partial charge in [0.15, 0.2) is 9.84 Å². The number of nitrogen functional groups attached to an aromatic ring is 1. The summed E-state index contributed by atoms with van der Waals surface area (Å²) in [7, 11) is -3.50. The third-order valence-corrected chi connectivity index (χ3v) is 5.66. The quantitative estimate of drug-likeness (QED) is 0.841. The Bertz CT molecular complexity index is 622. The SMILES string of the molecule is CC(C)N(Cc1cccc(N)c1)C(=O)C(C)(C)S(C)(=O)=O. The lowest BCUT2D eigenvalue weighted by atomic mass is 10.1. The molecule has 0 saturated heterocycles. The molecule has 1 aromatic rings. The zero-order valence-electron chi connectivity index (χ0n) is 13.3. The molecule has 0 aromatic heterocycles. The van der Waals surface area contributed by atoms with Crippen molar-refractivity contribution in [1.82, 2.24) is 4.90 Å². The first kappa shape index (κ1) is 17.5. The molecular formula is C15H24N2O3S. The van der Waals surface area contributed by atoms with Crippen LogP contribution in [0.1, 0.15) is 33.3 Å². The minimum Gasteiger partial charge on any atom is -0.399 e. The molecule has 0 unspecified atom stereocenters. The highest BCUT2D eigenvalue weighted by Crippen LogP contribution is 2.22. The number of rotatable bonds is 5. The van der Waals surface area contributed by atoms with Gasteiger partial charge >= 0.3 is 0 Å². The number of benzene rings is 1. The van der Waals surface area contributed by atoms with Gasteiger partial charge in [-0.1, -0.05) is 12.1 Å². The van der Waals surface area contributed by atoms with E-state index in [9.17, 15) is 13.2 Å². The van der Waals surface area contributed by atoms with Gasteiger partial charge in [-0.05, 0) is 45.4 Å². The zero-order chi connectivity index (χ0) is 16.4. The van der Waals surface area contributed by atoms with E-state index < -0.39 is 20.5 Å². The molecule has 1 aromatic carbocycles. The topological polar surface area (TPSA) is 80.5 Å². The van der Waals surface area contributed by atoms with Crippen LogP contribution in [0.3, 0.4) is 0 Å². The van der Waals surface area contributed by atoms with Gasteiger partial charge in [-0.15, -0.1) is 0 Å². The first-order valence-electron chi connectivity index (χ1n) is 6.82. The van der Waals surface area contributed by atoms with Crippen LogP contribution in [0.15, 0.2) is 24.3 Å². The molecule has 1 rings (SSSR count). The molecule has 0 heterocycles. The van der Waals surface area contributed by atoms with E-state index in [2.05, 4.69) is 0 Å². The lowest BCUT2D eigenvalue weighted by molar-refractivity contribution is -0.135. The summed E-state index contributed by atoms with van der Waals surface area (Å²) in [6.45, 7) is 6.95. The Balaban J connectivity index is 3.11. The number of sulfone groups is 1. The highest BCUT2D eigenvalue weighted by Gasteiger charge is 2.41. The largest absolute Gasteiger partial charge is 0.399 e. The number of anilines is 1. The molecule has 6 heteroatoms. The third kappa shape index (κ3) is 3.97. The monoisotopic (exact) mass is 312 g/mol. The smallest absolute Gasteiger partial charge is 0.243 e. The molecule has 1 amide bonds. The molecule has 0 radical (unpaired) electrons. The summed E-state index contributed by atoms with van der Waals surface area (Å²) in [5.74, 6) is -0.401. The van der Waals surface area contributed by atoms with Gasteiger partial charge < -0.3 is 10.6 Å². The van der Waals surface area contributed by atoms with Gasteiger partial charge in [0.2, 0.25) is 5.91 Å². The molecule has 0 aliphatic rings. The lowest BCUT2D eigenvalue weighted by Gasteiger charge is -2.33. The fourth-order valence-electron chi connectivity index (χ4n) is 1.88. The van der Waals surface area contributed by atoms with Crippen LogP contribution in [-0.4, -0.2) is 36.3 Å². The normalized spacial score (nSPS) is 12.5. The summed E-state index contributed by atoms with van der Waals surface area (Å²) < 4.78 is 22.3. The highest BCUT2D eigenvalue weighted by atomic mass is 32.2. The number of nitrogens with zero attached hydrogens (tertiary/aromatic N) is 1. The number of hydrogen-bond acceptors (Lipinski definition) is 4. The number of amides is 1. The minimum absolute atomic E-state index is 0.111. The molecule has 0 aliphatic heterocycles. The minimum atomic E-state index is -3.50. The molecule has 0 atom stereocenters. The van der Waals surface area contributed by atoms with Crippen LogP contribution in [0.25, 0.3) is 0 Å². The molecule has 0 fully saturated rings. The van der Waals surface area contributed by atoms with E-state index in [4.69, 9.17) is 5.73 Å². The Morgan fingerprint density at radius 3 is 2.33 bits per heavy atom. The summed E-state index contributed by atoms with van der Waals surface area (Å²) in [5, 5.41) is 0. The van der Waals surface area contributed by atoms with E-state index in [0.29, 0.717) is 12.2 Å². The van der Waals surface area contributed by atoms with Gasteiger partial charge in [-0.2, -0.15) is 0 Å². The number of hydrogen-bond donors (Lipinski definition) is 1. The fourth-order valence-corrected chi connectivity index (χ4v) is 2.32. The second-order valence-electron chi connectivity index (χ2n) is 6.05. The van der Waals surface area contributed by atoms with E-state index in [0.717, 1.165) is 11.8 Å². The summed E-state index contributed by atoms with van der Waals surface area (Å²) in [5.41, 5.74) is 7.24. The van der Waals surface area contributed by atoms with Crippen molar-refractivity contribution < 1.29 is 13.2 Å². The van der Waals surface area contributed by atoms with Crippen LogP contribution < -0.4 is 5.73 Å². The van der Waals surface area contributed by atoms with Crippen molar-refractivity contribution in [3.05, 3.63) is 29.8 Å².